The Labute approximate surface area is 197 Å². The number of aliphatic hydroxyl groups excluding tert-OH is 7. The van der Waals surface area contributed by atoms with Gasteiger partial charge >= 0.3 is 21.6 Å². The summed E-state index contributed by atoms with van der Waals surface area (Å²) in [5, 5.41) is 71.6. The van der Waals surface area contributed by atoms with Crippen molar-refractivity contribution in [2.45, 2.75) is 63.9 Å². The van der Waals surface area contributed by atoms with Gasteiger partial charge in [0.1, 0.15) is 24.4 Å². The summed E-state index contributed by atoms with van der Waals surface area (Å²) in [4.78, 5) is 54.6. The first-order chi connectivity index (χ1) is 14.8. The fourth-order valence-corrected chi connectivity index (χ4v) is 2.70. The number of nitrogens with one attached hydrogen (secondary N) is 1. The van der Waals surface area contributed by atoms with Crippen molar-refractivity contribution in [3.05, 3.63) is 0 Å². The smallest absolute Gasteiger partial charge is 0.455 e. The molecule has 0 saturated carbocycles. The van der Waals surface area contributed by atoms with Crippen LogP contribution in [0.5, 0.6) is 0 Å². The minimum absolute atomic E-state index is 0. The van der Waals surface area contributed by atoms with Gasteiger partial charge in [-0.1, -0.05) is 14.9 Å². The third-order valence-electron chi connectivity index (χ3n) is 3.54. The van der Waals surface area contributed by atoms with E-state index in [9.17, 15) is 28.9 Å². The standard InChI is InChI=1S/C6H11O9P.C5H12NO10P.2CH4/c7-2(1-14-16(11,12)13)5-3(8)4(9)6(10)15-5;7-1(2(8)4(10)6-12)3(9)5(11)16-17(13,14)15;;/h2-5,7-9H,1H2,(H2,11,12,13);1-3,5,7-9,11-12H,(H,6,10)(H2,13,14,15);2*1H4/t2-,3-,4?,5-;1-,2?,3+,5?;;/m11../s1. The zero-order valence-corrected chi connectivity index (χ0v) is 17.7. The molecule has 1 aliphatic heterocycles. The second kappa shape index (κ2) is 15.8. The van der Waals surface area contributed by atoms with Crippen molar-refractivity contribution >= 4 is 27.5 Å². The van der Waals surface area contributed by atoms with Crippen molar-refractivity contribution in [3.8, 4) is 0 Å². The zero-order chi connectivity index (χ0) is 26.3. The van der Waals surface area contributed by atoms with Crippen molar-refractivity contribution in [2.75, 3.05) is 6.61 Å². The maximum atomic E-state index is 10.8. The summed E-state index contributed by atoms with van der Waals surface area (Å²) in [6.07, 6.45) is -16.2. The van der Waals surface area contributed by atoms with Gasteiger partial charge in [-0.2, -0.15) is 0 Å². The molecule has 0 aromatic rings. The van der Waals surface area contributed by atoms with Gasteiger partial charge in [0, 0.05) is 0 Å². The number of carbonyl (C=O) groups is 2. The topological polar surface area (TPSA) is 351 Å². The highest BCUT2D eigenvalue weighted by Crippen LogP contribution is 2.38. The Kier molecular flexibility index (Phi) is 17.4. The number of hydrogen-bond donors (Lipinski definition) is 13. The van der Waals surface area contributed by atoms with E-state index in [1.807, 2.05) is 0 Å². The Bertz CT molecular complexity index is 740. The number of phosphoric ester groups is 2. The van der Waals surface area contributed by atoms with Crippen LogP contribution in [0.4, 0.5) is 0 Å². The van der Waals surface area contributed by atoms with E-state index in [4.69, 9.17) is 50.3 Å². The highest BCUT2D eigenvalue weighted by molar-refractivity contribution is 7.46. The fraction of sp³-hybridized carbons (Fsp3) is 0.846. The first-order valence-corrected chi connectivity index (χ1v) is 11.2. The second-order valence-corrected chi connectivity index (χ2v) is 8.51. The van der Waals surface area contributed by atoms with Crippen molar-refractivity contribution < 1.29 is 93.0 Å². The van der Waals surface area contributed by atoms with Gasteiger partial charge in [0.2, 0.25) is 0 Å². The van der Waals surface area contributed by atoms with Gasteiger partial charge in [-0.25, -0.2) is 19.4 Å². The Morgan fingerprint density at radius 3 is 1.80 bits per heavy atom. The maximum Gasteiger partial charge on any atom is 0.472 e. The van der Waals surface area contributed by atoms with E-state index in [0.29, 0.717) is 0 Å². The highest BCUT2D eigenvalue weighted by Gasteiger charge is 2.46. The molecule has 20 nitrogen and oxygen atoms in total. The molecule has 8 atom stereocenters. The minimum Gasteiger partial charge on any atom is -0.455 e. The lowest BCUT2D eigenvalue weighted by Gasteiger charge is -2.25. The number of amides is 1. The van der Waals surface area contributed by atoms with Gasteiger partial charge in [0.15, 0.2) is 24.6 Å². The summed E-state index contributed by atoms with van der Waals surface area (Å²) >= 11 is 0. The SMILES string of the molecule is C.C.O=C(NO)C(O)[C@@H](O)[C@H](O)C(O)OP(=O)(O)O.O=C1O[C@H]([C@H](O)COP(=O)(O)O)[C@H](O)C1O. The number of ether oxygens (including phenoxy) is 1. The van der Waals surface area contributed by atoms with Gasteiger partial charge in [-0.15, -0.1) is 0 Å². The van der Waals surface area contributed by atoms with Crippen LogP contribution in [0.15, 0.2) is 0 Å². The van der Waals surface area contributed by atoms with Crippen molar-refractivity contribution in [1.29, 1.82) is 0 Å². The van der Waals surface area contributed by atoms with E-state index in [1.54, 1.807) is 0 Å². The normalized spacial score (nSPS) is 24.2. The highest BCUT2D eigenvalue weighted by atomic mass is 31.2. The molecule has 1 saturated heterocycles. The Morgan fingerprint density at radius 1 is 0.971 bits per heavy atom. The number of aliphatic hydroxyl groups is 7. The molecule has 3 unspecified atom stereocenters. The molecular formula is C13H31NO19P2. The first-order valence-electron chi connectivity index (χ1n) is 8.17. The molecule has 1 heterocycles. The van der Waals surface area contributed by atoms with Crippen molar-refractivity contribution in [1.82, 2.24) is 5.48 Å². The van der Waals surface area contributed by atoms with Crippen LogP contribution < -0.4 is 5.48 Å². The van der Waals surface area contributed by atoms with Crippen LogP contribution >= 0.6 is 15.6 Å². The van der Waals surface area contributed by atoms with Gasteiger partial charge in [0.25, 0.3) is 5.91 Å². The number of phosphoric acid groups is 2. The average molecular weight is 567 g/mol. The predicted molar refractivity (Wildman–Crippen MR) is 106 cm³/mol. The largest absolute Gasteiger partial charge is 0.472 e. The Balaban J connectivity index is -0.000000554. The van der Waals surface area contributed by atoms with Crippen LogP contribution in [-0.2, 0) is 32.5 Å². The lowest BCUT2D eigenvalue weighted by Crippen LogP contribution is -2.50. The van der Waals surface area contributed by atoms with Crippen LogP contribution in [0.2, 0.25) is 0 Å². The molecule has 35 heavy (non-hydrogen) atoms. The molecule has 0 spiro atoms. The van der Waals surface area contributed by atoms with Crippen molar-refractivity contribution in [3.63, 3.8) is 0 Å². The van der Waals surface area contributed by atoms with Crippen LogP contribution in [-0.4, -0.2) is 128 Å². The molecule has 0 bridgehead atoms. The van der Waals surface area contributed by atoms with E-state index >= 15 is 0 Å². The third-order valence-corrected chi connectivity index (χ3v) is 4.51. The van der Waals surface area contributed by atoms with E-state index in [0.717, 1.165) is 5.48 Å². The van der Waals surface area contributed by atoms with Gasteiger partial charge in [-0.05, 0) is 0 Å². The van der Waals surface area contributed by atoms with Crippen molar-refractivity contribution in [2.24, 2.45) is 0 Å². The summed E-state index contributed by atoms with van der Waals surface area (Å²) in [6.45, 7) is -0.841. The summed E-state index contributed by atoms with van der Waals surface area (Å²) in [5.74, 6) is -2.62. The van der Waals surface area contributed by atoms with E-state index in [-0.39, 0.29) is 14.9 Å². The molecule has 0 aliphatic carbocycles. The molecule has 1 fully saturated rings. The number of hydroxylamine groups is 1. The molecule has 1 rings (SSSR count). The van der Waals surface area contributed by atoms with E-state index < -0.39 is 83.1 Å². The summed E-state index contributed by atoms with van der Waals surface area (Å²) < 4.78 is 32.5. The predicted octanol–water partition coefficient (Wildman–Crippen LogP) is -5.62. The van der Waals surface area contributed by atoms with Crippen LogP contribution in [0.25, 0.3) is 0 Å². The maximum absolute atomic E-state index is 10.8. The van der Waals surface area contributed by atoms with Gasteiger partial charge in [0.05, 0.1) is 6.61 Å². The van der Waals surface area contributed by atoms with Crippen LogP contribution in [0.3, 0.4) is 0 Å². The first kappa shape index (κ1) is 38.4. The summed E-state index contributed by atoms with van der Waals surface area (Å²) in [7, 11) is -9.88. The quantitative estimate of drug-likeness (QED) is 0.0384. The molecular weight excluding hydrogens is 536 g/mol. The molecule has 22 heteroatoms. The zero-order valence-electron chi connectivity index (χ0n) is 15.9. The summed E-state index contributed by atoms with van der Waals surface area (Å²) in [6, 6.07) is 0. The molecule has 1 aliphatic rings. The third kappa shape index (κ3) is 13.6. The lowest BCUT2D eigenvalue weighted by molar-refractivity contribution is -0.178. The summed E-state index contributed by atoms with van der Waals surface area (Å²) in [5.41, 5.74) is 0.952. The molecule has 0 radical (unpaired) electrons. The Morgan fingerprint density at radius 2 is 1.46 bits per heavy atom. The van der Waals surface area contributed by atoms with Gasteiger partial charge < -0.3 is 60.1 Å². The number of carbonyl (C=O) groups excluding carboxylic acids is 2. The van der Waals surface area contributed by atoms with Crippen LogP contribution in [0, 0.1) is 0 Å². The lowest BCUT2D eigenvalue weighted by atomic mass is 10.1. The van der Waals surface area contributed by atoms with Gasteiger partial charge in [-0.3, -0.25) is 19.0 Å². The van der Waals surface area contributed by atoms with Crippen LogP contribution in [0.1, 0.15) is 14.9 Å². The molecule has 0 aromatic carbocycles. The second-order valence-electron chi connectivity index (χ2n) is 6.08. The minimum atomic E-state index is -5.13. The fourth-order valence-electron chi connectivity index (χ4n) is 1.95. The Hall–Kier alpha value is -1.16. The molecule has 13 N–H and O–H groups in total. The number of rotatable bonds is 10. The van der Waals surface area contributed by atoms with E-state index in [2.05, 4.69) is 13.8 Å². The monoisotopic (exact) mass is 567 g/mol. The molecule has 212 valence electrons. The number of esters is 1. The average Bonchev–Trinajstić information content (AvgIpc) is 2.95. The number of hydrogen-bond acceptors (Lipinski definition) is 15. The molecule has 1 amide bonds. The molecule has 0 aromatic heterocycles. The van der Waals surface area contributed by atoms with E-state index in [1.165, 1.54) is 0 Å². The number of cyclic esters (lactones) is 1.